The number of primary amides is 1. The van der Waals surface area contributed by atoms with Crippen molar-refractivity contribution in [3.63, 3.8) is 0 Å². The highest BCUT2D eigenvalue weighted by Gasteiger charge is 2.41. The number of para-hydroxylation sites is 1. The minimum atomic E-state index is -4.52. The number of nitrogens with zero attached hydrogens (tertiary/aromatic N) is 1. The van der Waals surface area contributed by atoms with E-state index in [0.717, 1.165) is 12.8 Å². The van der Waals surface area contributed by atoms with Crippen molar-refractivity contribution in [3.8, 4) is 0 Å². The molecule has 4 rings (SSSR count). The number of nitrogens with two attached hydrogens (primary N) is 1. The molecule has 0 saturated heterocycles. The normalized spacial score (nSPS) is 18.9. The Bertz CT molecular complexity index is 1280. The van der Waals surface area contributed by atoms with Crippen LogP contribution in [0.5, 0.6) is 0 Å². The summed E-state index contributed by atoms with van der Waals surface area (Å²) in [4.78, 5) is 43.3. The zero-order valence-electron chi connectivity index (χ0n) is 20.0. The Morgan fingerprint density at radius 1 is 1.13 bits per heavy atom. The zero-order valence-corrected chi connectivity index (χ0v) is 21.5. The predicted octanol–water partition coefficient (Wildman–Crippen LogP) is 5.09. The van der Waals surface area contributed by atoms with Gasteiger partial charge in [0.15, 0.2) is 0 Å². The quantitative estimate of drug-likeness (QED) is 0.391. The Morgan fingerprint density at radius 3 is 2.47 bits per heavy atom. The summed E-state index contributed by atoms with van der Waals surface area (Å²) >= 11 is 12.5. The van der Waals surface area contributed by atoms with Gasteiger partial charge in [-0.3, -0.25) is 14.4 Å². The number of aliphatic imine (C=N–C) groups is 1. The van der Waals surface area contributed by atoms with Crippen LogP contribution in [0.15, 0.2) is 47.5 Å². The Labute approximate surface area is 227 Å². The van der Waals surface area contributed by atoms with Gasteiger partial charge >= 0.3 is 6.18 Å². The minimum absolute atomic E-state index is 0.0926. The molecule has 1 aliphatic heterocycles. The Hall–Kier alpha value is -3.11. The molecule has 0 spiro atoms. The number of anilines is 1. The Morgan fingerprint density at radius 2 is 1.84 bits per heavy atom. The van der Waals surface area contributed by atoms with Crippen LogP contribution < -0.4 is 16.4 Å². The second-order valence-corrected chi connectivity index (χ2v) is 10.3. The number of benzene rings is 2. The number of fused-ring (bicyclic) bond motifs is 1. The maximum atomic E-state index is 13.4. The molecule has 2 aromatic carbocycles. The molecule has 7 nitrogen and oxygen atoms in total. The van der Waals surface area contributed by atoms with Gasteiger partial charge in [0.2, 0.25) is 18.0 Å². The first kappa shape index (κ1) is 27.9. The summed E-state index contributed by atoms with van der Waals surface area (Å²) in [5.74, 6) is -4.88. The average Bonchev–Trinajstić information content (AvgIpc) is 3.66. The molecule has 12 heteroatoms. The molecule has 1 heterocycles. The van der Waals surface area contributed by atoms with Gasteiger partial charge in [0.1, 0.15) is 0 Å². The molecule has 3 atom stereocenters. The highest BCUT2D eigenvalue weighted by Crippen LogP contribution is 2.39. The largest absolute Gasteiger partial charge is 0.389 e. The molecule has 0 aromatic heterocycles. The lowest BCUT2D eigenvalue weighted by Gasteiger charge is -2.26. The van der Waals surface area contributed by atoms with E-state index in [4.69, 9.17) is 28.9 Å². The number of carbonyl (C=O) groups excluding carboxylic acids is 3. The van der Waals surface area contributed by atoms with Gasteiger partial charge in [-0.1, -0.05) is 60.3 Å². The van der Waals surface area contributed by atoms with Crippen LogP contribution in [0.3, 0.4) is 0 Å². The zero-order chi connectivity index (χ0) is 27.6. The van der Waals surface area contributed by atoms with E-state index in [0.29, 0.717) is 21.9 Å². The fourth-order valence-electron chi connectivity index (χ4n) is 4.53. The average molecular weight is 569 g/mol. The lowest BCUT2D eigenvalue weighted by Crippen LogP contribution is -2.48. The number of benzodiazepines with no additional fused rings is 1. The van der Waals surface area contributed by atoms with Crippen molar-refractivity contribution in [1.29, 1.82) is 0 Å². The van der Waals surface area contributed by atoms with E-state index in [1.807, 2.05) is 0 Å². The summed E-state index contributed by atoms with van der Waals surface area (Å²) in [5, 5.41) is 5.87. The predicted molar refractivity (Wildman–Crippen MR) is 138 cm³/mol. The monoisotopic (exact) mass is 568 g/mol. The van der Waals surface area contributed by atoms with E-state index >= 15 is 0 Å². The van der Waals surface area contributed by atoms with Gasteiger partial charge in [0.05, 0.1) is 16.4 Å². The smallest absolute Gasteiger partial charge is 0.369 e. The molecule has 4 N–H and O–H groups in total. The molecule has 2 aromatic rings. The van der Waals surface area contributed by atoms with Crippen LogP contribution in [0.1, 0.15) is 43.2 Å². The van der Waals surface area contributed by atoms with Crippen molar-refractivity contribution in [1.82, 2.24) is 5.32 Å². The second kappa shape index (κ2) is 11.3. The molecule has 1 fully saturated rings. The van der Waals surface area contributed by atoms with E-state index in [1.165, 1.54) is 0 Å². The minimum Gasteiger partial charge on any atom is -0.369 e. The fourth-order valence-corrected chi connectivity index (χ4v) is 4.94. The standard InChI is InChI=1S/C26H25Cl2F3N4O3/c27-15-4-1-3-14(12-15)20-17-5-2-6-19(28)21(17)34-25(38)23(33-20)35-24(37)18(11-13-7-8-13)16(22(32)36)9-10-26(29,30)31/h1-6,12-13,16,18,23H,7-11H2,(H2,32,36)(H,34,38)(H,35,37)/t16-,18+,23-/m1/s1. The van der Waals surface area contributed by atoms with Crippen LogP contribution in [-0.2, 0) is 14.4 Å². The molecule has 2 aliphatic rings. The van der Waals surface area contributed by atoms with Gasteiger partial charge in [-0.05, 0) is 37.0 Å². The van der Waals surface area contributed by atoms with E-state index in [1.54, 1.807) is 42.5 Å². The first-order valence-electron chi connectivity index (χ1n) is 12.0. The molecule has 202 valence electrons. The van der Waals surface area contributed by atoms with Gasteiger partial charge in [0, 0.05) is 34.4 Å². The summed E-state index contributed by atoms with van der Waals surface area (Å²) < 4.78 is 38.8. The van der Waals surface area contributed by atoms with E-state index in [9.17, 15) is 27.6 Å². The van der Waals surface area contributed by atoms with Crippen molar-refractivity contribution in [2.75, 3.05) is 5.32 Å². The van der Waals surface area contributed by atoms with Crippen LogP contribution in [0, 0.1) is 17.8 Å². The number of hydrogen-bond acceptors (Lipinski definition) is 4. The highest BCUT2D eigenvalue weighted by molar-refractivity contribution is 6.36. The number of amides is 3. The SMILES string of the molecule is NC(=O)[C@H](CCC(F)(F)F)[C@H](CC1CC1)C(=O)N[C@H]1N=C(c2cccc(Cl)c2)c2cccc(Cl)c2NC1=O. The maximum Gasteiger partial charge on any atom is 0.389 e. The van der Waals surface area contributed by atoms with Gasteiger partial charge in [-0.15, -0.1) is 0 Å². The number of rotatable bonds is 9. The van der Waals surface area contributed by atoms with Crippen molar-refractivity contribution < 1.29 is 27.6 Å². The van der Waals surface area contributed by atoms with Crippen LogP contribution in [0.2, 0.25) is 10.0 Å². The van der Waals surface area contributed by atoms with Crippen molar-refractivity contribution in [2.45, 2.75) is 44.4 Å². The van der Waals surface area contributed by atoms with Crippen molar-refractivity contribution >= 4 is 52.3 Å². The Kier molecular flexibility index (Phi) is 8.32. The number of carbonyl (C=O) groups is 3. The lowest BCUT2D eigenvalue weighted by atomic mass is 9.83. The first-order valence-corrected chi connectivity index (χ1v) is 12.8. The van der Waals surface area contributed by atoms with Crippen molar-refractivity contribution in [2.24, 2.45) is 28.5 Å². The number of halogens is 5. The lowest BCUT2D eigenvalue weighted by molar-refractivity contribution is -0.146. The van der Waals surface area contributed by atoms with Crippen LogP contribution in [-0.4, -0.2) is 35.8 Å². The molecule has 1 aliphatic carbocycles. The van der Waals surface area contributed by atoms with Crippen molar-refractivity contribution in [3.05, 3.63) is 63.6 Å². The molecule has 0 bridgehead atoms. The van der Waals surface area contributed by atoms with Gasteiger partial charge in [-0.2, -0.15) is 13.2 Å². The molecule has 0 radical (unpaired) electrons. The fraction of sp³-hybridized carbons (Fsp3) is 0.385. The van der Waals surface area contributed by atoms with Crippen LogP contribution in [0.25, 0.3) is 0 Å². The number of nitrogens with one attached hydrogen (secondary N) is 2. The molecular weight excluding hydrogens is 544 g/mol. The summed E-state index contributed by atoms with van der Waals surface area (Å²) in [6, 6.07) is 11.7. The van der Waals surface area contributed by atoms with Crippen LogP contribution in [0.4, 0.5) is 18.9 Å². The second-order valence-electron chi connectivity index (χ2n) is 9.50. The maximum absolute atomic E-state index is 13.4. The summed E-state index contributed by atoms with van der Waals surface area (Å²) in [7, 11) is 0. The third-order valence-corrected chi connectivity index (χ3v) is 7.16. The van der Waals surface area contributed by atoms with E-state index in [2.05, 4.69) is 15.6 Å². The molecule has 0 unspecified atom stereocenters. The van der Waals surface area contributed by atoms with Gasteiger partial charge in [0.25, 0.3) is 5.91 Å². The summed E-state index contributed by atoms with van der Waals surface area (Å²) in [6.07, 6.45) is -6.09. The third kappa shape index (κ3) is 6.85. The van der Waals surface area contributed by atoms with Gasteiger partial charge < -0.3 is 16.4 Å². The number of alkyl halides is 3. The number of hydrogen-bond donors (Lipinski definition) is 3. The highest BCUT2D eigenvalue weighted by atomic mass is 35.5. The third-order valence-electron chi connectivity index (χ3n) is 6.61. The first-order chi connectivity index (χ1) is 17.9. The molecule has 3 amide bonds. The summed E-state index contributed by atoms with van der Waals surface area (Å²) in [6.45, 7) is 0. The summed E-state index contributed by atoms with van der Waals surface area (Å²) in [5.41, 5.74) is 7.08. The molecular formula is C26H25Cl2F3N4O3. The molecule has 38 heavy (non-hydrogen) atoms. The van der Waals surface area contributed by atoms with E-state index < -0.39 is 54.7 Å². The Balaban J connectivity index is 1.68. The van der Waals surface area contributed by atoms with Gasteiger partial charge in [-0.25, -0.2) is 4.99 Å². The molecule has 1 saturated carbocycles. The van der Waals surface area contributed by atoms with E-state index in [-0.39, 0.29) is 23.0 Å². The van der Waals surface area contributed by atoms with Crippen LogP contribution >= 0.6 is 23.2 Å². The topological polar surface area (TPSA) is 114 Å².